The van der Waals surface area contributed by atoms with Gasteiger partial charge in [0.25, 0.3) is 0 Å². The molecule has 2 amide bonds. The van der Waals surface area contributed by atoms with E-state index in [1.807, 2.05) is 22.8 Å². The SMILES string of the molecule is CCN1CCCc2cc(N3CCN(c4cnccc4C)C3=O)ccc21. The quantitative estimate of drug-likeness (QED) is 0.859. The Bertz CT molecular complexity index is 804. The molecular weight excluding hydrogens is 312 g/mol. The number of urea groups is 1. The third-order valence-corrected chi connectivity index (χ3v) is 5.28. The molecule has 0 radical (unpaired) electrons. The Morgan fingerprint density at radius 3 is 2.72 bits per heavy atom. The van der Waals surface area contributed by atoms with Crippen molar-refractivity contribution in [2.24, 2.45) is 0 Å². The number of rotatable bonds is 3. The maximum atomic E-state index is 13.0. The Morgan fingerprint density at radius 1 is 1.08 bits per heavy atom. The van der Waals surface area contributed by atoms with Gasteiger partial charge in [-0.25, -0.2) is 4.79 Å². The second-order valence-electron chi connectivity index (χ2n) is 6.74. The summed E-state index contributed by atoms with van der Waals surface area (Å²) in [5.74, 6) is 0. The monoisotopic (exact) mass is 336 g/mol. The number of pyridine rings is 1. The normalized spacial score (nSPS) is 17.2. The third-order valence-electron chi connectivity index (χ3n) is 5.28. The van der Waals surface area contributed by atoms with Crippen LogP contribution in [0, 0.1) is 6.92 Å². The molecule has 5 heteroatoms. The average molecular weight is 336 g/mol. The number of nitrogens with zero attached hydrogens (tertiary/aromatic N) is 4. The summed E-state index contributed by atoms with van der Waals surface area (Å²) in [5, 5.41) is 0. The van der Waals surface area contributed by atoms with Gasteiger partial charge in [0.05, 0.1) is 11.9 Å². The van der Waals surface area contributed by atoms with Gasteiger partial charge in [-0.15, -0.1) is 0 Å². The molecule has 0 spiro atoms. The van der Waals surface area contributed by atoms with E-state index in [4.69, 9.17) is 0 Å². The van der Waals surface area contributed by atoms with E-state index in [0.717, 1.165) is 36.4 Å². The lowest BCUT2D eigenvalue weighted by molar-refractivity contribution is 0.256. The fourth-order valence-electron chi connectivity index (χ4n) is 3.90. The van der Waals surface area contributed by atoms with Crippen LogP contribution in [-0.2, 0) is 6.42 Å². The van der Waals surface area contributed by atoms with Crippen molar-refractivity contribution in [3.05, 3.63) is 47.8 Å². The molecule has 5 nitrogen and oxygen atoms in total. The van der Waals surface area contributed by atoms with E-state index in [9.17, 15) is 4.79 Å². The lowest BCUT2D eigenvalue weighted by atomic mass is 10.0. The van der Waals surface area contributed by atoms with Crippen LogP contribution in [0.1, 0.15) is 24.5 Å². The minimum absolute atomic E-state index is 0.0409. The minimum Gasteiger partial charge on any atom is -0.372 e. The first-order valence-electron chi connectivity index (χ1n) is 9.06. The maximum absolute atomic E-state index is 13.0. The smallest absolute Gasteiger partial charge is 0.329 e. The van der Waals surface area contributed by atoms with E-state index in [1.54, 1.807) is 12.4 Å². The van der Waals surface area contributed by atoms with Gasteiger partial charge >= 0.3 is 6.03 Å². The summed E-state index contributed by atoms with van der Waals surface area (Å²) in [4.78, 5) is 23.3. The van der Waals surface area contributed by atoms with Crippen molar-refractivity contribution in [3.8, 4) is 0 Å². The molecule has 1 aromatic carbocycles. The van der Waals surface area contributed by atoms with Crippen molar-refractivity contribution in [1.82, 2.24) is 4.98 Å². The van der Waals surface area contributed by atoms with Gasteiger partial charge in [0, 0.05) is 43.8 Å². The van der Waals surface area contributed by atoms with E-state index >= 15 is 0 Å². The van der Waals surface area contributed by atoms with E-state index in [0.29, 0.717) is 13.1 Å². The van der Waals surface area contributed by atoms with Crippen molar-refractivity contribution in [1.29, 1.82) is 0 Å². The van der Waals surface area contributed by atoms with Crippen LogP contribution in [0.25, 0.3) is 0 Å². The first-order valence-corrected chi connectivity index (χ1v) is 9.06. The van der Waals surface area contributed by atoms with E-state index < -0.39 is 0 Å². The molecule has 0 atom stereocenters. The molecule has 0 N–H and O–H groups in total. The van der Waals surface area contributed by atoms with Crippen LogP contribution in [-0.4, -0.2) is 37.2 Å². The number of carbonyl (C=O) groups excluding carboxylic acids is 1. The Hall–Kier alpha value is -2.56. The van der Waals surface area contributed by atoms with Gasteiger partial charge in [-0.1, -0.05) is 0 Å². The predicted molar refractivity (Wildman–Crippen MR) is 102 cm³/mol. The molecule has 0 bridgehead atoms. The second-order valence-corrected chi connectivity index (χ2v) is 6.74. The van der Waals surface area contributed by atoms with Crippen molar-refractivity contribution in [2.75, 3.05) is 40.9 Å². The Morgan fingerprint density at radius 2 is 1.92 bits per heavy atom. The van der Waals surface area contributed by atoms with Crippen LogP contribution in [0.5, 0.6) is 0 Å². The molecule has 25 heavy (non-hydrogen) atoms. The molecule has 130 valence electrons. The highest BCUT2D eigenvalue weighted by molar-refractivity contribution is 6.06. The lowest BCUT2D eigenvalue weighted by Gasteiger charge is -2.31. The maximum Gasteiger partial charge on any atom is 0.329 e. The number of aryl methyl sites for hydroxylation is 2. The molecule has 2 aliphatic heterocycles. The largest absolute Gasteiger partial charge is 0.372 e. The molecule has 0 saturated carbocycles. The van der Waals surface area contributed by atoms with Gasteiger partial charge in [0.15, 0.2) is 0 Å². The molecule has 2 aromatic rings. The second kappa shape index (κ2) is 6.39. The Labute approximate surface area is 148 Å². The van der Waals surface area contributed by atoms with E-state index in [1.165, 1.54) is 17.7 Å². The fraction of sp³-hybridized carbons (Fsp3) is 0.400. The number of aromatic nitrogens is 1. The van der Waals surface area contributed by atoms with E-state index in [2.05, 4.69) is 35.0 Å². The summed E-state index contributed by atoms with van der Waals surface area (Å²) in [6, 6.07) is 8.46. The van der Waals surface area contributed by atoms with Crippen molar-refractivity contribution in [3.63, 3.8) is 0 Å². The number of carbonyl (C=O) groups is 1. The number of anilines is 3. The standard InChI is InChI=1S/C20H24N4O/c1-3-22-10-4-5-16-13-17(6-7-18(16)22)23-11-12-24(20(23)25)19-14-21-9-8-15(19)2/h6-9,13-14H,3-5,10-12H2,1-2H3. The highest BCUT2D eigenvalue weighted by atomic mass is 16.2. The van der Waals surface area contributed by atoms with Gasteiger partial charge < -0.3 is 4.90 Å². The highest BCUT2D eigenvalue weighted by Gasteiger charge is 2.32. The molecule has 0 aliphatic carbocycles. The summed E-state index contributed by atoms with van der Waals surface area (Å²) in [6.07, 6.45) is 5.81. The molecule has 3 heterocycles. The van der Waals surface area contributed by atoms with Crippen LogP contribution in [0.3, 0.4) is 0 Å². The van der Waals surface area contributed by atoms with Crippen molar-refractivity contribution >= 4 is 23.1 Å². The van der Waals surface area contributed by atoms with Gasteiger partial charge in [0.2, 0.25) is 0 Å². The zero-order chi connectivity index (χ0) is 17.4. The molecule has 1 fully saturated rings. The summed E-state index contributed by atoms with van der Waals surface area (Å²) in [7, 11) is 0. The lowest BCUT2D eigenvalue weighted by Crippen LogP contribution is -2.33. The molecular formula is C20H24N4O. The van der Waals surface area contributed by atoms with Crippen LogP contribution in [0.2, 0.25) is 0 Å². The highest BCUT2D eigenvalue weighted by Crippen LogP contribution is 2.33. The third kappa shape index (κ3) is 2.73. The summed E-state index contributed by atoms with van der Waals surface area (Å²) in [5.41, 5.74) is 5.67. The zero-order valence-corrected chi connectivity index (χ0v) is 14.9. The zero-order valence-electron chi connectivity index (χ0n) is 14.9. The van der Waals surface area contributed by atoms with E-state index in [-0.39, 0.29) is 6.03 Å². The number of hydrogen-bond acceptors (Lipinski definition) is 3. The minimum atomic E-state index is 0.0409. The van der Waals surface area contributed by atoms with Crippen LogP contribution in [0.4, 0.5) is 21.9 Å². The Balaban J connectivity index is 1.61. The summed E-state index contributed by atoms with van der Waals surface area (Å²) < 4.78 is 0. The summed E-state index contributed by atoms with van der Waals surface area (Å²) in [6.45, 7) is 7.78. The van der Waals surface area contributed by atoms with Gasteiger partial charge in [-0.3, -0.25) is 14.8 Å². The van der Waals surface area contributed by atoms with Gasteiger partial charge in [-0.2, -0.15) is 0 Å². The molecule has 1 aromatic heterocycles. The number of benzene rings is 1. The van der Waals surface area contributed by atoms with Crippen molar-refractivity contribution < 1.29 is 4.79 Å². The average Bonchev–Trinajstić information content (AvgIpc) is 3.02. The summed E-state index contributed by atoms with van der Waals surface area (Å²) >= 11 is 0. The molecule has 2 aliphatic rings. The predicted octanol–water partition coefficient (Wildman–Crippen LogP) is 3.61. The first kappa shape index (κ1) is 15.9. The topological polar surface area (TPSA) is 39.7 Å². The van der Waals surface area contributed by atoms with Crippen LogP contribution >= 0.6 is 0 Å². The molecule has 4 rings (SSSR count). The molecule has 0 unspecified atom stereocenters. The van der Waals surface area contributed by atoms with Gasteiger partial charge in [-0.05, 0) is 62.1 Å². The molecule has 1 saturated heterocycles. The first-order chi connectivity index (χ1) is 12.2. The van der Waals surface area contributed by atoms with Gasteiger partial charge in [0.1, 0.15) is 0 Å². The fourth-order valence-corrected chi connectivity index (χ4v) is 3.90. The number of amides is 2. The number of hydrogen-bond donors (Lipinski definition) is 0. The van der Waals surface area contributed by atoms with Crippen LogP contribution in [0.15, 0.2) is 36.7 Å². The Kier molecular flexibility index (Phi) is 4.07. The van der Waals surface area contributed by atoms with Crippen LogP contribution < -0.4 is 14.7 Å². The van der Waals surface area contributed by atoms with Crippen molar-refractivity contribution in [2.45, 2.75) is 26.7 Å². The number of fused-ring (bicyclic) bond motifs is 1.